The summed E-state index contributed by atoms with van der Waals surface area (Å²) in [4.78, 5) is 9.87. The van der Waals surface area contributed by atoms with Crippen LogP contribution in [0.25, 0.3) is 110 Å². The van der Waals surface area contributed by atoms with Gasteiger partial charge in [0.1, 0.15) is 33.4 Å². The van der Waals surface area contributed by atoms with Crippen LogP contribution >= 0.6 is 0 Å². The fourth-order valence-corrected chi connectivity index (χ4v) is 7.31. The quantitative estimate of drug-likeness (QED) is 0.197. The summed E-state index contributed by atoms with van der Waals surface area (Å²) in [5.74, 6) is 0. The minimum atomic E-state index is 0.488. The zero-order chi connectivity index (χ0) is 30.6. The molecular weight excluding hydrogens is 580 g/mol. The molecule has 0 unspecified atom stereocenters. The number of benzene rings is 7. The predicted octanol–water partition coefficient (Wildman–Crippen LogP) is 11.8. The van der Waals surface area contributed by atoms with E-state index < -0.39 is 0 Å². The van der Waals surface area contributed by atoms with Crippen LogP contribution in [0.5, 0.6) is 0 Å². The highest BCUT2D eigenvalue weighted by Crippen LogP contribution is 2.41. The molecule has 0 aliphatic carbocycles. The molecule has 7 aromatic carbocycles. The van der Waals surface area contributed by atoms with E-state index in [9.17, 15) is 0 Å². The first-order chi connectivity index (χ1) is 23.3. The van der Waals surface area contributed by atoms with Crippen LogP contribution < -0.4 is 0 Å². The SMILES string of the molecule is c1ccc2c(c1)ccc1c3cccc(-c4ccc5oc6nc(-c7cccc8c7oc7c9ccccc9ccc87)cnc6c5c4)c3oc21. The van der Waals surface area contributed by atoms with E-state index >= 15 is 0 Å². The summed E-state index contributed by atoms with van der Waals surface area (Å²) in [6.07, 6.45) is 1.81. The van der Waals surface area contributed by atoms with Crippen molar-refractivity contribution in [1.82, 2.24) is 9.97 Å². The lowest BCUT2D eigenvalue weighted by Gasteiger charge is -2.03. The maximum atomic E-state index is 6.62. The van der Waals surface area contributed by atoms with Crippen molar-refractivity contribution >= 4 is 87.6 Å². The first-order valence-corrected chi connectivity index (χ1v) is 15.6. The molecule has 0 aliphatic rings. The molecule has 0 spiro atoms. The Morgan fingerprint density at radius 3 is 1.72 bits per heavy atom. The molecule has 0 aliphatic heterocycles. The van der Waals surface area contributed by atoms with Crippen LogP contribution in [0, 0.1) is 0 Å². The first kappa shape index (κ1) is 24.8. The Balaban J connectivity index is 1.07. The molecule has 4 heterocycles. The molecule has 4 aromatic heterocycles. The molecule has 0 N–H and O–H groups in total. The van der Waals surface area contributed by atoms with E-state index in [1.165, 1.54) is 0 Å². The Kier molecular flexibility index (Phi) is 4.78. The molecule has 11 aromatic rings. The monoisotopic (exact) mass is 602 g/mol. The van der Waals surface area contributed by atoms with Gasteiger partial charge in [-0.3, -0.25) is 0 Å². The van der Waals surface area contributed by atoms with Gasteiger partial charge in [-0.1, -0.05) is 97.1 Å². The Morgan fingerprint density at radius 2 is 1.02 bits per heavy atom. The average Bonchev–Trinajstić information content (AvgIpc) is 3.82. The van der Waals surface area contributed by atoms with E-state index in [0.717, 1.165) is 98.6 Å². The smallest absolute Gasteiger partial charge is 0.246 e. The van der Waals surface area contributed by atoms with Crippen molar-refractivity contribution in [3.8, 4) is 22.4 Å². The summed E-state index contributed by atoms with van der Waals surface area (Å²) >= 11 is 0. The van der Waals surface area contributed by atoms with E-state index in [1.54, 1.807) is 0 Å². The van der Waals surface area contributed by atoms with E-state index in [2.05, 4.69) is 97.1 Å². The molecule has 0 amide bonds. The van der Waals surface area contributed by atoms with Crippen molar-refractivity contribution in [3.05, 3.63) is 134 Å². The van der Waals surface area contributed by atoms with Gasteiger partial charge in [-0.25, -0.2) is 9.97 Å². The topological polar surface area (TPSA) is 65.2 Å². The molecule has 0 saturated heterocycles. The molecule has 5 heteroatoms. The number of nitrogens with zero attached hydrogens (tertiary/aromatic N) is 2. The number of para-hydroxylation sites is 2. The average molecular weight is 603 g/mol. The van der Waals surface area contributed by atoms with Gasteiger partial charge in [0.2, 0.25) is 5.71 Å². The van der Waals surface area contributed by atoms with Gasteiger partial charge in [0.25, 0.3) is 0 Å². The molecular formula is C42H22N2O3. The largest absolute Gasteiger partial charge is 0.455 e. The summed E-state index contributed by atoms with van der Waals surface area (Å²) in [6, 6.07) is 43.9. The number of rotatable bonds is 2. The van der Waals surface area contributed by atoms with E-state index in [-0.39, 0.29) is 0 Å². The van der Waals surface area contributed by atoms with Gasteiger partial charge in [-0.15, -0.1) is 0 Å². The zero-order valence-electron chi connectivity index (χ0n) is 24.8. The van der Waals surface area contributed by atoms with Crippen molar-refractivity contribution in [1.29, 1.82) is 0 Å². The van der Waals surface area contributed by atoms with Crippen molar-refractivity contribution in [2.75, 3.05) is 0 Å². The lowest BCUT2D eigenvalue weighted by molar-refractivity contribution is 0.653. The van der Waals surface area contributed by atoms with E-state index in [4.69, 9.17) is 23.2 Å². The third-order valence-corrected chi connectivity index (χ3v) is 9.55. The Bertz CT molecular complexity index is 3090. The summed E-state index contributed by atoms with van der Waals surface area (Å²) in [6.45, 7) is 0. The lowest BCUT2D eigenvalue weighted by atomic mass is 10.0. The molecule has 0 bridgehead atoms. The highest BCUT2D eigenvalue weighted by molar-refractivity contribution is 6.18. The number of furan rings is 3. The Labute approximate surface area is 266 Å². The maximum absolute atomic E-state index is 6.62. The van der Waals surface area contributed by atoms with Gasteiger partial charge >= 0.3 is 0 Å². The van der Waals surface area contributed by atoms with E-state index in [0.29, 0.717) is 11.4 Å². The molecule has 218 valence electrons. The Morgan fingerprint density at radius 1 is 0.426 bits per heavy atom. The van der Waals surface area contributed by atoms with Crippen molar-refractivity contribution in [2.45, 2.75) is 0 Å². The summed E-state index contributed by atoms with van der Waals surface area (Å²) < 4.78 is 19.5. The molecule has 47 heavy (non-hydrogen) atoms. The van der Waals surface area contributed by atoms with Crippen LogP contribution in [0.4, 0.5) is 0 Å². The van der Waals surface area contributed by atoms with Crippen LogP contribution in [0.1, 0.15) is 0 Å². The lowest BCUT2D eigenvalue weighted by Crippen LogP contribution is -1.87. The molecule has 11 rings (SSSR count). The van der Waals surface area contributed by atoms with Gasteiger partial charge in [0.05, 0.1) is 11.9 Å². The van der Waals surface area contributed by atoms with Crippen LogP contribution in [0.3, 0.4) is 0 Å². The molecule has 0 fully saturated rings. The highest BCUT2D eigenvalue weighted by Gasteiger charge is 2.19. The fraction of sp³-hybridized carbons (Fsp3) is 0. The van der Waals surface area contributed by atoms with Crippen molar-refractivity contribution in [2.24, 2.45) is 0 Å². The molecule has 0 atom stereocenters. The van der Waals surface area contributed by atoms with Gasteiger partial charge in [0.15, 0.2) is 0 Å². The van der Waals surface area contributed by atoms with E-state index in [1.807, 2.05) is 36.5 Å². The molecule has 0 radical (unpaired) electrons. The van der Waals surface area contributed by atoms with Crippen molar-refractivity contribution in [3.63, 3.8) is 0 Å². The zero-order valence-corrected chi connectivity index (χ0v) is 24.8. The second kappa shape index (κ2) is 9.05. The third-order valence-electron chi connectivity index (χ3n) is 9.55. The molecule has 5 nitrogen and oxygen atoms in total. The number of fused-ring (bicyclic) bond motifs is 13. The number of hydrogen-bond donors (Lipinski definition) is 0. The highest BCUT2D eigenvalue weighted by atomic mass is 16.3. The number of hydrogen-bond acceptors (Lipinski definition) is 5. The van der Waals surface area contributed by atoms with Crippen LogP contribution in [0.15, 0.2) is 147 Å². The maximum Gasteiger partial charge on any atom is 0.246 e. The summed E-state index contributed by atoms with van der Waals surface area (Å²) in [5, 5.41) is 9.76. The van der Waals surface area contributed by atoms with Gasteiger partial charge in [-0.05, 0) is 46.7 Å². The summed E-state index contributed by atoms with van der Waals surface area (Å²) in [7, 11) is 0. The van der Waals surface area contributed by atoms with Gasteiger partial charge < -0.3 is 13.3 Å². The van der Waals surface area contributed by atoms with Gasteiger partial charge in [0, 0.05) is 48.8 Å². The van der Waals surface area contributed by atoms with Crippen LogP contribution in [-0.2, 0) is 0 Å². The van der Waals surface area contributed by atoms with Gasteiger partial charge in [-0.2, -0.15) is 0 Å². The summed E-state index contributed by atoms with van der Waals surface area (Å²) in [5.41, 5.74) is 9.01. The predicted molar refractivity (Wildman–Crippen MR) is 190 cm³/mol. The molecule has 0 saturated carbocycles. The second-order valence-corrected chi connectivity index (χ2v) is 12.1. The standard InChI is InChI=1S/C42H22N2O3/c1-3-9-26-23(7-1)15-18-31-29-12-5-11-28(40(29)46-38(26)31)25-17-20-36-34(21-25)37-42(45-36)44-35(22-43-37)33-14-6-13-30-32-19-16-24-8-2-4-10-27(24)39(32)47-41(30)33/h1-22H. The van der Waals surface area contributed by atoms with Crippen molar-refractivity contribution < 1.29 is 13.3 Å². The Hall–Kier alpha value is -6.46. The number of aromatic nitrogens is 2. The minimum absolute atomic E-state index is 0.488. The van der Waals surface area contributed by atoms with Crippen LogP contribution in [-0.4, -0.2) is 9.97 Å². The minimum Gasteiger partial charge on any atom is -0.455 e. The second-order valence-electron chi connectivity index (χ2n) is 12.1. The normalized spacial score (nSPS) is 12.3. The van der Waals surface area contributed by atoms with Crippen LogP contribution in [0.2, 0.25) is 0 Å². The third kappa shape index (κ3) is 3.43. The first-order valence-electron chi connectivity index (χ1n) is 15.6. The fourth-order valence-electron chi connectivity index (χ4n) is 7.31.